The van der Waals surface area contributed by atoms with Gasteiger partial charge in [0.05, 0.1) is 26.2 Å². The van der Waals surface area contributed by atoms with Crippen LogP contribution in [0.5, 0.6) is 11.5 Å². The zero-order valence-electron chi connectivity index (χ0n) is 21.8. The molecule has 6 nitrogen and oxygen atoms in total. The maximum absolute atomic E-state index is 13.7. The monoisotopic (exact) mass is 509 g/mol. The number of amides is 1. The third-order valence-corrected chi connectivity index (χ3v) is 7.21. The molecule has 38 heavy (non-hydrogen) atoms. The van der Waals surface area contributed by atoms with Crippen LogP contribution in [0.15, 0.2) is 84.9 Å². The van der Waals surface area contributed by atoms with Crippen LogP contribution in [-0.4, -0.2) is 26.1 Å². The second kappa shape index (κ2) is 11.0. The second-order valence-electron chi connectivity index (χ2n) is 9.55. The lowest BCUT2D eigenvalue weighted by Crippen LogP contribution is -2.46. The molecule has 0 bridgehead atoms. The molecule has 1 heterocycles. The van der Waals surface area contributed by atoms with Crippen LogP contribution < -0.4 is 14.4 Å². The maximum Gasteiger partial charge on any atom is 0.311 e. The fraction of sp³-hybridized carbons (Fsp3) is 0.250. The van der Waals surface area contributed by atoms with Crippen molar-refractivity contribution in [3.63, 3.8) is 0 Å². The average Bonchev–Trinajstić information content (AvgIpc) is 2.95. The largest absolute Gasteiger partial charge is 0.493 e. The molecule has 0 unspecified atom stereocenters. The number of carbonyl (C=O) groups excluding carboxylic acids is 2. The first-order valence-electron chi connectivity index (χ1n) is 12.7. The first-order valence-corrected chi connectivity index (χ1v) is 12.7. The van der Waals surface area contributed by atoms with Crippen LogP contribution in [0.4, 0.5) is 5.69 Å². The first-order chi connectivity index (χ1) is 18.5. The van der Waals surface area contributed by atoms with Gasteiger partial charge in [0.15, 0.2) is 11.5 Å². The van der Waals surface area contributed by atoms with Gasteiger partial charge in [-0.15, -0.1) is 0 Å². The summed E-state index contributed by atoms with van der Waals surface area (Å²) in [6.07, 6.45) is 0.653. The number of fused-ring (bicyclic) bond motifs is 1. The summed E-state index contributed by atoms with van der Waals surface area (Å²) in [6.45, 7) is 2.16. The van der Waals surface area contributed by atoms with Crippen molar-refractivity contribution in [2.45, 2.75) is 32.4 Å². The highest BCUT2D eigenvalue weighted by molar-refractivity contribution is 5.97. The van der Waals surface area contributed by atoms with E-state index in [1.54, 1.807) is 25.2 Å². The van der Waals surface area contributed by atoms with Crippen LogP contribution in [0.3, 0.4) is 0 Å². The summed E-state index contributed by atoms with van der Waals surface area (Å²) in [4.78, 5) is 28.8. The number of hydrogen-bond acceptors (Lipinski definition) is 5. The van der Waals surface area contributed by atoms with E-state index >= 15 is 0 Å². The highest BCUT2D eigenvalue weighted by Crippen LogP contribution is 2.43. The molecule has 0 N–H and O–H groups in total. The highest BCUT2D eigenvalue weighted by Gasteiger charge is 2.42. The van der Waals surface area contributed by atoms with Crippen molar-refractivity contribution in [3.05, 3.63) is 102 Å². The molecule has 0 aromatic heterocycles. The second-order valence-corrected chi connectivity index (χ2v) is 9.55. The zero-order valence-corrected chi connectivity index (χ0v) is 21.8. The summed E-state index contributed by atoms with van der Waals surface area (Å²) in [5.41, 5.74) is 3.56. The number of esters is 1. The van der Waals surface area contributed by atoms with Gasteiger partial charge >= 0.3 is 5.97 Å². The molecular formula is C32H31NO5. The van der Waals surface area contributed by atoms with Crippen molar-refractivity contribution >= 4 is 28.3 Å². The Morgan fingerprint density at radius 3 is 2.39 bits per heavy atom. The van der Waals surface area contributed by atoms with Crippen molar-refractivity contribution in [1.82, 2.24) is 0 Å². The quantitative estimate of drug-likeness (QED) is 0.270. The van der Waals surface area contributed by atoms with Crippen LogP contribution in [0.1, 0.15) is 35.6 Å². The normalized spacial score (nSPS) is 17.3. The topological polar surface area (TPSA) is 65.1 Å². The van der Waals surface area contributed by atoms with E-state index in [2.05, 4.69) is 0 Å². The van der Waals surface area contributed by atoms with Gasteiger partial charge in [0.25, 0.3) is 0 Å². The molecule has 1 aliphatic rings. The lowest BCUT2D eigenvalue weighted by molar-refractivity contribution is -0.152. The molecule has 0 aliphatic carbocycles. The first kappa shape index (κ1) is 25.3. The van der Waals surface area contributed by atoms with Crippen molar-refractivity contribution < 1.29 is 23.8 Å². The van der Waals surface area contributed by atoms with Gasteiger partial charge in [0.1, 0.15) is 6.61 Å². The third-order valence-electron chi connectivity index (χ3n) is 7.21. The van der Waals surface area contributed by atoms with Gasteiger partial charge in [0, 0.05) is 12.1 Å². The van der Waals surface area contributed by atoms with E-state index in [0.29, 0.717) is 17.9 Å². The average molecular weight is 510 g/mol. The molecule has 1 aliphatic heterocycles. The van der Waals surface area contributed by atoms with E-state index < -0.39 is 12.0 Å². The SMILES string of the molecule is COc1ccc([C@H]2[C@H](C(=O)OCc3cccc4ccccc34)CCC(=O)N2c2ccc(C)cc2)cc1OC. The molecule has 0 radical (unpaired) electrons. The van der Waals surface area contributed by atoms with Gasteiger partial charge in [-0.2, -0.15) is 0 Å². The minimum atomic E-state index is -0.557. The van der Waals surface area contributed by atoms with Crippen LogP contribution in [0.2, 0.25) is 0 Å². The lowest BCUT2D eigenvalue weighted by atomic mass is 9.83. The molecule has 4 aromatic rings. The van der Waals surface area contributed by atoms with E-state index in [1.165, 1.54) is 0 Å². The number of rotatable bonds is 7. The number of ether oxygens (including phenoxy) is 3. The molecular weight excluding hydrogens is 478 g/mol. The molecule has 0 saturated carbocycles. The minimum absolute atomic E-state index is 0.0354. The number of anilines is 1. The summed E-state index contributed by atoms with van der Waals surface area (Å²) in [7, 11) is 3.15. The molecule has 2 atom stereocenters. The van der Waals surface area contributed by atoms with Gasteiger partial charge < -0.3 is 19.1 Å². The Labute approximate surface area is 222 Å². The summed E-state index contributed by atoms with van der Waals surface area (Å²) < 4.78 is 16.9. The van der Waals surface area contributed by atoms with Crippen LogP contribution in [0.25, 0.3) is 10.8 Å². The van der Waals surface area contributed by atoms with Crippen LogP contribution in [0, 0.1) is 12.8 Å². The Bertz CT molecular complexity index is 1460. The Hall–Kier alpha value is -4.32. The fourth-order valence-electron chi connectivity index (χ4n) is 5.24. The lowest BCUT2D eigenvalue weighted by Gasteiger charge is -2.40. The number of carbonyl (C=O) groups is 2. The van der Waals surface area contributed by atoms with E-state index in [0.717, 1.165) is 33.2 Å². The molecule has 1 saturated heterocycles. The summed E-state index contributed by atoms with van der Waals surface area (Å²) in [5, 5.41) is 2.15. The van der Waals surface area contributed by atoms with Crippen molar-refractivity contribution in [3.8, 4) is 11.5 Å². The Kier molecular flexibility index (Phi) is 7.31. The van der Waals surface area contributed by atoms with Crippen LogP contribution >= 0.6 is 0 Å². The highest BCUT2D eigenvalue weighted by atomic mass is 16.5. The van der Waals surface area contributed by atoms with E-state index in [-0.39, 0.29) is 24.9 Å². The van der Waals surface area contributed by atoms with Gasteiger partial charge in [-0.3, -0.25) is 9.59 Å². The van der Waals surface area contributed by atoms with Crippen molar-refractivity contribution in [2.75, 3.05) is 19.1 Å². The van der Waals surface area contributed by atoms with Gasteiger partial charge in [-0.05, 0) is 59.5 Å². The zero-order chi connectivity index (χ0) is 26.6. The summed E-state index contributed by atoms with van der Waals surface area (Å²) >= 11 is 0. The predicted molar refractivity (Wildman–Crippen MR) is 147 cm³/mol. The van der Waals surface area contributed by atoms with E-state index in [9.17, 15) is 9.59 Å². The van der Waals surface area contributed by atoms with Gasteiger partial charge in [0.2, 0.25) is 5.91 Å². The molecule has 1 amide bonds. The van der Waals surface area contributed by atoms with Gasteiger partial charge in [-0.1, -0.05) is 66.2 Å². The van der Waals surface area contributed by atoms with Crippen molar-refractivity contribution in [2.24, 2.45) is 5.92 Å². The van der Waals surface area contributed by atoms with Gasteiger partial charge in [-0.25, -0.2) is 0 Å². The molecule has 4 aromatic carbocycles. The summed E-state index contributed by atoms with van der Waals surface area (Å²) in [6, 6.07) is 26.8. The summed E-state index contributed by atoms with van der Waals surface area (Å²) in [5.74, 6) is 0.196. The molecule has 1 fully saturated rings. The Morgan fingerprint density at radius 2 is 1.63 bits per heavy atom. The number of hydrogen-bond donors (Lipinski definition) is 0. The van der Waals surface area contributed by atoms with E-state index in [4.69, 9.17) is 14.2 Å². The number of nitrogens with zero attached hydrogens (tertiary/aromatic N) is 1. The number of piperidine rings is 1. The predicted octanol–water partition coefficient (Wildman–Crippen LogP) is 6.39. The molecule has 0 spiro atoms. The van der Waals surface area contributed by atoms with E-state index in [1.807, 2.05) is 85.8 Å². The Morgan fingerprint density at radius 1 is 0.895 bits per heavy atom. The standard InChI is InChI=1S/C32H31NO5/c1-21-11-14-25(15-12-21)33-30(34)18-16-27(31(33)23-13-17-28(36-2)29(19-23)37-3)32(35)38-20-24-9-6-8-22-7-4-5-10-26(22)24/h4-15,17,19,27,31H,16,18,20H2,1-3H3/t27-,31+/m1/s1. The van der Waals surface area contributed by atoms with Crippen LogP contribution in [-0.2, 0) is 20.9 Å². The third kappa shape index (κ3) is 4.94. The van der Waals surface area contributed by atoms with Crippen molar-refractivity contribution in [1.29, 1.82) is 0 Å². The Balaban J connectivity index is 1.51. The molecule has 5 rings (SSSR count). The minimum Gasteiger partial charge on any atom is -0.493 e. The number of aryl methyl sites for hydroxylation is 1. The number of methoxy groups -OCH3 is 2. The fourth-order valence-corrected chi connectivity index (χ4v) is 5.24. The molecule has 194 valence electrons. The molecule has 6 heteroatoms. The number of benzene rings is 4. The maximum atomic E-state index is 13.7. The smallest absolute Gasteiger partial charge is 0.311 e.